The number of anilines is 1. The first-order chi connectivity index (χ1) is 10.1. The van der Waals surface area contributed by atoms with Gasteiger partial charge >= 0.3 is 0 Å². The van der Waals surface area contributed by atoms with Gasteiger partial charge in [-0.15, -0.1) is 0 Å². The van der Waals surface area contributed by atoms with Crippen LogP contribution in [0.3, 0.4) is 0 Å². The van der Waals surface area contributed by atoms with E-state index in [9.17, 15) is 4.79 Å². The van der Waals surface area contributed by atoms with E-state index in [0.29, 0.717) is 36.0 Å². The normalized spacial score (nSPS) is 15.6. The molecule has 0 spiro atoms. The number of ether oxygens (including phenoxy) is 3. The molecule has 21 heavy (non-hydrogen) atoms. The minimum atomic E-state index is -0.111. The molecule has 1 heterocycles. The third-order valence-corrected chi connectivity index (χ3v) is 3.85. The Kier molecular flexibility index (Phi) is 4.90. The summed E-state index contributed by atoms with van der Waals surface area (Å²) in [6, 6.07) is 3.43. The number of nitrogen functional groups attached to an aromatic ring is 1. The summed E-state index contributed by atoms with van der Waals surface area (Å²) < 4.78 is 15.7. The Morgan fingerprint density at radius 1 is 1.24 bits per heavy atom. The van der Waals surface area contributed by atoms with Crippen LogP contribution in [0.4, 0.5) is 5.69 Å². The zero-order valence-corrected chi connectivity index (χ0v) is 12.7. The van der Waals surface area contributed by atoms with E-state index in [-0.39, 0.29) is 11.9 Å². The van der Waals surface area contributed by atoms with Crippen molar-refractivity contribution < 1.29 is 19.0 Å². The quantitative estimate of drug-likeness (QED) is 0.853. The number of amides is 1. The number of hydrogen-bond acceptors (Lipinski definition) is 5. The van der Waals surface area contributed by atoms with Gasteiger partial charge in [0, 0.05) is 38.1 Å². The van der Waals surface area contributed by atoms with Gasteiger partial charge in [0.15, 0.2) is 11.5 Å². The van der Waals surface area contributed by atoms with E-state index in [1.807, 2.05) is 0 Å². The highest BCUT2D eigenvalue weighted by atomic mass is 16.5. The minimum Gasteiger partial charge on any atom is -0.493 e. The number of hydrogen-bond donors (Lipinski definition) is 1. The zero-order chi connectivity index (χ0) is 15.4. The molecule has 1 aliphatic heterocycles. The third-order valence-electron chi connectivity index (χ3n) is 3.85. The Bertz CT molecular complexity index is 513. The fourth-order valence-electron chi connectivity index (χ4n) is 2.51. The number of benzene rings is 1. The van der Waals surface area contributed by atoms with Crippen LogP contribution in [0, 0.1) is 0 Å². The van der Waals surface area contributed by atoms with Crippen molar-refractivity contribution >= 4 is 11.6 Å². The number of carbonyl (C=O) groups excluding carboxylic acids is 1. The highest BCUT2D eigenvalue weighted by Crippen LogP contribution is 2.32. The van der Waals surface area contributed by atoms with Crippen LogP contribution in [0.1, 0.15) is 23.2 Å². The van der Waals surface area contributed by atoms with Gasteiger partial charge in [-0.05, 0) is 18.9 Å². The van der Waals surface area contributed by atoms with Crippen molar-refractivity contribution in [1.29, 1.82) is 0 Å². The van der Waals surface area contributed by atoms with Crippen LogP contribution in [-0.2, 0) is 4.74 Å². The van der Waals surface area contributed by atoms with Gasteiger partial charge in [-0.1, -0.05) is 0 Å². The van der Waals surface area contributed by atoms with E-state index in [0.717, 1.165) is 12.8 Å². The third kappa shape index (κ3) is 3.21. The highest BCUT2D eigenvalue weighted by Gasteiger charge is 2.25. The van der Waals surface area contributed by atoms with Gasteiger partial charge in [0.05, 0.1) is 19.8 Å². The van der Waals surface area contributed by atoms with Gasteiger partial charge in [0.2, 0.25) is 0 Å². The molecule has 0 saturated carbocycles. The van der Waals surface area contributed by atoms with Crippen LogP contribution in [0.15, 0.2) is 12.1 Å². The fraction of sp³-hybridized carbons (Fsp3) is 0.533. The zero-order valence-electron chi connectivity index (χ0n) is 12.7. The molecule has 116 valence electrons. The number of nitrogens with two attached hydrogens (primary N) is 1. The number of rotatable bonds is 4. The summed E-state index contributed by atoms with van der Waals surface area (Å²) in [6.45, 7) is 1.37. The first-order valence-electron chi connectivity index (χ1n) is 6.95. The molecule has 1 fully saturated rings. The molecule has 0 atom stereocenters. The van der Waals surface area contributed by atoms with Crippen LogP contribution in [0.2, 0.25) is 0 Å². The van der Waals surface area contributed by atoms with E-state index in [2.05, 4.69) is 0 Å². The molecule has 6 nitrogen and oxygen atoms in total. The van der Waals surface area contributed by atoms with Gasteiger partial charge in [-0.25, -0.2) is 0 Å². The molecule has 2 rings (SSSR count). The standard InChI is InChI=1S/C15H22N2O4/c1-17(10-4-6-21-7-5-10)15(18)11-8-13(19-2)14(20-3)9-12(11)16/h8-10H,4-7,16H2,1-3H3. The molecular weight excluding hydrogens is 272 g/mol. The van der Waals surface area contributed by atoms with Gasteiger partial charge < -0.3 is 24.8 Å². The lowest BCUT2D eigenvalue weighted by Crippen LogP contribution is -2.40. The first-order valence-corrected chi connectivity index (χ1v) is 6.95. The van der Waals surface area contributed by atoms with Gasteiger partial charge in [-0.2, -0.15) is 0 Å². The van der Waals surface area contributed by atoms with Crippen molar-refractivity contribution in [2.45, 2.75) is 18.9 Å². The molecule has 0 aliphatic carbocycles. The molecule has 1 aliphatic rings. The second kappa shape index (κ2) is 6.67. The van der Waals surface area contributed by atoms with Crippen LogP contribution >= 0.6 is 0 Å². The molecule has 0 bridgehead atoms. The molecule has 1 amide bonds. The lowest BCUT2D eigenvalue weighted by molar-refractivity contribution is 0.0362. The topological polar surface area (TPSA) is 74.0 Å². The fourth-order valence-corrected chi connectivity index (χ4v) is 2.51. The van der Waals surface area contributed by atoms with Crippen LogP contribution in [0.5, 0.6) is 11.5 Å². The SMILES string of the molecule is COc1cc(N)c(C(=O)N(C)C2CCOCC2)cc1OC. The van der Waals surface area contributed by atoms with Crippen molar-refractivity contribution in [3.05, 3.63) is 17.7 Å². The molecule has 6 heteroatoms. The maximum atomic E-state index is 12.6. The Morgan fingerprint density at radius 3 is 2.38 bits per heavy atom. The van der Waals surface area contributed by atoms with Crippen molar-refractivity contribution in [2.24, 2.45) is 0 Å². The summed E-state index contributed by atoms with van der Waals surface area (Å²) in [5.41, 5.74) is 6.80. The van der Waals surface area contributed by atoms with Gasteiger partial charge in [0.25, 0.3) is 5.91 Å². The second-order valence-corrected chi connectivity index (χ2v) is 5.05. The summed E-state index contributed by atoms with van der Waals surface area (Å²) in [5.74, 6) is 0.899. The number of nitrogens with zero attached hydrogens (tertiary/aromatic N) is 1. The maximum absolute atomic E-state index is 12.6. The molecule has 1 aromatic rings. The Morgan fingerprint density at radius 2 is 1.81 bits per heavy atom. The number of methoxy groups -OCH3 is 2. The van der Waals surface area contributed by atoms with E-state index < -0.39 is 0 Å². The first kappa shape index (κ1) is 15.4. The predicted molar refractivity (Wildman–Crippen MR) is 79.9 cm³/mol. The summed E-state index contributed by atoms with van der Waals surface area (Å²) in [4.78, 5) is 14.4. The average molecular weight is 294 g/mol. The van der Waals surface area contributed by atoms with Gasteiger partial charge in [-0.3, -0.25) is 4.79 Å². The van der Waals surface area contributed by atoms with Crippen LogP contribution in [0.25, 0.3) is 0 Å². The Balaban J connectivity index is 2.25. The molecule has 1 aromatic carbocycles. The molecule has 0 aromatic heterocycles. The van der Waals surface area contributed by atoms with Crippen molar-refractivity contribution in [3.8, 4) is 11.5 Å². The van der Waals surface area contributed by atoms with Crippen molar-refractivity contribution in [1.82, 2.24) is 4.90 Å². The molecule has 0 unspecified atom stereocenters. The Labute approximate surface area is 124 Å². The second-order valence-electron chi connectivity index (χ2n) is 5.05. The lowest BCUT2D eigenvalue weighted by Gasteiger charge is -2.31. The van der Waals surface area contributed by atoms with Crippen molar-refractivity contribution in [2.75, 3.05) is 40.2 Å². The van der Waals surface area contributed by atoms with Crippen molar-refractivity contribution in [3.63, 3.8) is 0 Å². The summed E-state index contributed by atoms with van der Waals surface area (Å²) in [6.07, 6.45) is 1.69. The molecule has 0 radical (unpaired) electrons. The molecular formula is C15H22N2O4. The number of carbonyl (C=O) groups is 1. The maximum Gasteiger partial charge on any atom is 0.256 e. The monoisotopic (exact) mass is 294 g/mol. The summed E-state index contributed by atoms with van der Waals surface area (Å²) in [7, 11) is 4.87. The minimum absolute atomic E-state index is 0.111. The average Bonchev–Trinajstić information content (AvgIpc) is 2.54. The molecule has 1 saturated heterocycles. The van der Waals surface area contributed by atoms with Crippen LogP contribution < -0.4 is 15.2 Å². The summed E-state index contributed by atoms with van der Waals surface area (Å²) in [5, 5.41) is 0. The van der Waals surface area contributed by atoms with Gasteiger partial charge in [0.1, 0.15) is 0 Å². The Hall–Kier alpha value is -1.95. The van der Waals surface area contributed by atoms with E-state index in [1.165, 1.54) is 14.2 Å². The molecule has 2 N–H and O–H groups in total. The highest BCUT2D eigenvalue weighted by molar-refractivity contribution is 6.00. The lowest BCUT2D eigenvalue weighted by atomic mass is 10.1. The smallest absolute Gasteiger partial charge is 0.256 e. The largest absolute Gasteiger partial charge is 0.493 e. The van der Waals surface area contributed by atoms with E-state index in [4.69, 9.17) is 19.9 Å². The summed E-state index contributed by atoms with van der Waals surface area (Å²) >= 11 is 0. The van der Waals surface area contributed by atoms with E-state index in [1.54, 1.807) is 24.1 Å². The van der Waals surface area contributed by atoms with E-state index >= 15 is 0 Å². The van der Waals surface area contributed by atoms with Crippen LogP contribution in [-0.4, -0.2) is 51.3 Å². The predicted octanol–water partition coefficient (Wildman–Crippen LogP) is 1.54.